The minimum atomic E-state index is -0.0497. The lowest BCUT2D eigenvalue weighted by atomic mass is 10.0. The van der Waals surface area contributed by atoms with Crippen LogP contribution in [0.2, 0.25) is 0 Å². The van der Waals surface area contributed by atoms with Crippen LogP contribution in [0.4, 0.5) is 0 Å². The van der Waals surface area contributed by atoms with Crippen molar-refractivity contribution in [2.75, 3.05) is 0 Å². The number of ketones is 1. The van der Waals surface area contributed by atoms with Crippen molar-refractivity contribution in [2.45, 2.75) is 26.3 Å². The predicted octanol–water partition coefficient (Wildman–Crippen LogP) is 5.71. The van der Waals surface area contributed by atoms with Crippen LogP contribution in [0.25, 0.3) is 28.0 Å². The summed E-state index contributed by atoms with van der Waals surface area (Å²) in [5.74, 6) is 0.714. The average molecular weight is 464 g/mol. The zero-order valence-corrected chi connectivity index (χ0v) is 19.4. The molecule has 0 bridgehead atoms. The van der Waals surface area contributed by atoms with Crippen molar-refractivity contribution < 1.29 is 14.0 Å². The molecule has 0 aliphatic heterocycles. The second-order valence-corrected chi connectivity index (χ2v) is 8.41. The summed E-state index contributed by atoms with van der Waals surface area (Å²) >= 11 is 0. The number of rotatable bonds is 8. The Morgan fingerprint density at radius 2 is 1.66 bits per heavy atom. The Morgan fingerprint density at radius 1 is 0.886 bits per heavy atom. The maximum Gasteiger partial charge on any atom is 0.220 e. The number of carbonyl (C=O) groups is 2. The van der Waals surface area contributed by atoms with Gasteiger partial charge in [-0.05, 0) is 48.7 Å². The van der Waals surface area contributed by atoms with E-state index < -0.39 is 0 Å². The van der Waals surface area contributed by atoms with E-state index in [2.05, 4.69) is 9.72 Å². The molecule has 2 aromatic carbocycles. The number of amides is 1. The van der Waals surface area contributed by atoms with E-state index in [9.17, 15) is 9.59 Å². The highest BCUT2D eigenvalue weighted by Crippen LogP contribution is 2.28. The van der Waals surface area contributed by atoms with E-state index in [-0.39, 0.29) is 11.7 Å². The quantitative estimate of drug-likeness (QED) is 0.299. The van der Waals surface area contributed by atoms with Crippen LogP contribution >= 0.6 is 0 Å². The topological polar surface area (TPSA) is 76.6 Å². The first-order valence-corrected chi connectivity index (χ1v) is 11.6. The van der Waals surface area contributed by atoms with E-state index >= 15 is 0 Å². The first-order chi connectivity index (χ1) is 17.1. The van der Waals surface area contributed by atoms with Crippen LogP contribution < -0.4 is 5.32 Å². The number of aromatic nitrogens is 2. The van der Waals surface area contributed by atoms with Crippen molar-refractivity contribution in [3.05, 3.63) is 108 Å². The molecule has 0 fully saturated rings. The van der Waals surface area contributed by atoms with Crippen molar-refractivity contribution in [1.29, 1.82) is 0 Å². The molecule has 6 heteroatoms. The molecule has 0 saturated carbocycles. The monoisotopic (exact) mass is 463 g/mol. The summed E-state index contributed by atoms with van der Waals surface area (Å²) in [6.07, 6.45) is 4.50. The van der Waals surface area contributed by atoms with E-state index in [4.69, 9.17) is 9.40 Å². The molecular weight excluding hydrogens is 438 g/mol. The van der Waals surface area contributed by atoms with E-state index in [0.717, 1.165) is 39.5 Å². The number of hydrogen-bond acceptors (Lipinski definition) is 4. The maximum absolute atomic E-state index is 12.6. The molecule has 0 atom stereocenters. The van der Waals surface area contributed by atoms with Gasteiger partial charge in [0.2, 0.25) is 5.91 Å². The number of benzene rings is 2. The fraction of sp³-hybridized carbons (Fsp3) is 0.138. The number of imidazole rings is 1. The normalized spacial score (nSPS) is 11.0. The summed E-state index contributed by atoms with van der Waals surface area (Å²) in [6.45, 7) is 1.93. The van der Waals surface area contributed by atoms with Crippen molar-refractivity contribution in [3.8, 4) is 22.4 Å². The second-order valence-electron chi connectivity index (χ2n) is 8.41. The number of carbonyl (C=O) groups excluding carboxylic acids is 2. The summed E-state index contributed by atoms with van der Waals surface area (Å²) in [4.78, 5) is 29.1. The van der Waals surface area contributed by atoms with Gasteiger partial charge in [-0.25, -0.2) is 4.98 Å². The Kier molecular flexibility index (Phi) is 6.26. The smallest absolute Gasteiger partial charge is 0.220 e. The fourth-order valence-corrected chi connectivity index (χ4v) is 4.15. The van der Waals surface area contributed by atoms with Gasteiger partial charge in [-0.3, -0.25) is 9.59 Å². The number of nitrogens with zero attached hydrogens (tertiary/aromatic N) is 2. The molecule has 1 N–H and O–H groups in total. The van der Waals surface area contributed by atoms with Gasteiger partial charge in [0.15, 0.2) is 5.78 Å². The molecule has 5 aromatic rings. The molecule has 0 aliphatic rings. The SMILES string of the molecule is CC(=O)c1ccc(-c2ccc3nc(-c4ccccc4)c(CCC(=O)NCc4ccco4)n3c2)cc1. The standard InChI is InChI=1S/C29H25N3O3/c1-20(33)21-9-11-22(12-10-21)24-13-15-27-31-29(23-6-3-2-4-7-23)26(32(27)19-24)14-16-28(34)30-18-25-8-5-17-35-25/h2-13,15,17,19H,14,16,18H2,1H3,(H,30,34). The number of nitrogens with one attached hydrogen (secondary N) is 1. The Balaban J connectivity index is 1.46. The van der Waals surface area contributed by atoms with Crippen molar-refractivity contribution in [2.24, 2.45) is 0 Å². The zero-order valence-electron chi connectivity index (χ0n) is 19.4. The van der Waals surface area contributed by atoms with Gasteiger partial charge in [0.25, 0.3) is 0 Å². The van der Waals surface area contributed by atoms with Gasteiger partial charge in [-0.15, -0.1) is 0 Å². The molecule has 174 valence electrons. The van der Waals surface area contributed by atoms with Gasteiger partial charge >= 0.3 is 0 Å². The molecule has 0 unspecified atom stereocenters. The number of furan rings is 1. The van der Waals surface area contributed by atoms with E-state index in [1.54, 1.807) is 19.3 Å². The number of fused-ring (bicyclic) bond motifs is 1. The van der Waals surface area contributed by atoms with Crippen LogP contribution in [0.3, 0.4) is 0 Å². The Labute approximate surface area is 203 Å². The molecule has 5 rings (SSSR count). The average Bonchev–Trinajstić information content (AvgIpc) is 3.54. The van der Waals surface area contributed by atoms with E-state index in [0.29, 0.717) is 24.9 Å². The molecule has 0 spiro atoms. The first-order valence-electron chi connectivity index (χ1n) is 11.6. The van der Waals surface area contributed by atoms with Crippen LogP contribution in [0.1, 0.15) is 35.2 Å². The molecular formula is C29H25N3O3. The van der Waals surface area contributed by atoms with Gasteiger partial charge in [-0.2, -0.15) is 0 Å². The highest BCUT2D eigenvalue weighted by atomic mass is 16.3. The van der Waals surface area contributed by atoms with Gasteiger partial charge in [0, 0.05) is 23.7 Å². The molecule has 3 heterocycles. The third-order valence-corrected chi connectivity index (χ3v) is 6.02. The van der Waals surface area contributed by atoms with E-state index in [1.165, 1.54) is 0 Å². The van der Waals surface area contributed by atoms with Crippen LogP contribution in [0.5, 0.6) is 0 Å². The molecule has 0 saturated heterocycles. The molecule has 3 aromatic heterocycles. The number of pyridine rings is 1. The maximum atomic E-state index is 12.6. The van der Waals surface area contributed by atoms with Crippen molar-refractivity contribution >= 4 is 17.3 Å². The Hall–Kier alpha value is -4.45. The largest absolute Gasteiger partial charge is 0.467 e. The van der Waals surface area contributed by atoms with Crippen molar-refractivity contribution in [1.82, 2.24) is 14.7 Å². The first kappa shape index (κ1) is 22.3. The molecule has 0 aliphatic carbocycles. The summed E-state index contributed by atoms with van der Waals surface area (Å²) in [5.41, 5.74) is 6.37. The number of hydrogen-bond donors (Lipinski definition) is 1. The van der Waals surface area contributed by atoms with Crippen LogP contribution in [0, 0.1) is 0 Å². The van der Waals surface area contributed by atoms with Gasteiger partial charge in [0.1, 0.15) is 11.4 Å². The highest BCUT2D eigenvalue weighted by Gasteiger charge is 2.16. The lowest BCUT2D eigenvalue weighted by Gasteiger charge is -2.08. The summed E-state index contributed by atoms with van der Waals surface area (Å²) in [6, 6.07) is 25.3. The minimum Gasteiger partial charge on any atom is -0.467 e. The third kappa shape index (κ3) is 4.92. The summed E-state index contributed by atoms with van der Waals surface area (Å²) in [5, 5.41) is 2.92. The Morgan fingerprint density at radius 3 is 2.37 bits per heavy atom. The van der Waals surface area contributed by atoms with Crippen molar-refractivity contribution in [3.63, 3.8) is 0 Å². The second kappa shape index (κ2) is 9.81. The van der Waals surface area contributed by atoms with Gasteiger partial charge in [0.05, 0.1) is 24.2 Å². The predicted molar refractivity (Wildman–Crippen MR) is 135 cm³/mol. The van der Waals surface area contributed by atoms with Gasteiger partial charge < -0.3 is 14.1 Å². The van der Waals surface area contributed by atoms with E-state index in [1.807, 2.05) is 79.0 Å². The molecule has 0 radical (unpaired) electrons. The number of aryl methyl sites for hydroxylation is 1. The van der Waals surface area contributed by atoms with Crippen LogP contribution in [-0.2, 0) is 17.8 Å². The fourth-order valence-electron chi connectivity index (χ4n) is 4.15. The number of Topliss-reactive ketones (excluding diaryl/α,β-unsaturated/α-hetero) is 1. The molecule has 1 amide bonds. The zero-order chi connectivity index (χ0) is 24.2. The molecule has 35 heavy (non-hydrogen) atoms. The van der Waals surface area contributed by atoms with Gasteiger partial charge in [-0.1, -0.05) is 54.6 Å². The lowest BCUT2D eigenvalue weighted by Crippen LogP contribution is -2.23. The Bertz CT molecular complexity index is 1470. The lowest BCUT2D eigenvalue weighted by molar-refractivity contribution is -0.121. The van der Waals surface area contributed by atoms with Crippen LogP contribution in [-0.4, -0.2) is 21.1 Å². The van der Waals surface area contributed by atoms with Crippen LogP contribution in [0.15, 0.2) is 95.7 Å². The third-order valence-electron chi connectivity index (χ3n) is 6.02. The minimum absolute atomic E-state index is 0.0433. The summed E-state index contributed by atoms with van der Waals surface area (Å²) < 4.78 is 7.36. The highest BCUT2D eigenvalue weighted by molar-refractivity contribution is 5.94. The summed E-state index contributed by atoms with van der Waals surface area (Å²) in [7, 11) is 0. The molecule has 6 nitrogen and oxygen atoms in total.